The molecule has 0 aromatic heterocycles. The summed E-state index contributed by atoms with van der Waals surface area (Å²) in [5.74, 6) is -0.0718. The molecule has 0 aromatic carbocycles. The Bertz CT molecular complexity index is 248. The minimum absolute atomic E-state index is 0.0718. The van der Waals surface area contributed by atoms with Crippen molar-refractivity contribution in [2.24, 2.45) is 16.2 Å². The van der Waals surface area contributed by atoms with Gasteiger partial charge in [0, 0.05) is 0 Å². The molecule has 0 rings (SSSR count). The molecule has 0 saturated carbocycles. The molecule has 0 aliphatic rings. The van der Waals surface area contributed by atoms with Crippen LogP contribution in [-0.2, 0) is 4.79 Å². The highest BCUT2D eigenvalue weighted by Crippen LogP contribution is 2.46. The molecular formula is C13H27NO2. The topological polar surface area (TPSA) is 49.3 Å². The van der Waals surface area contributed by atoms with Gasteiger partial charge in [0.2, 0.25) is 5.91 Å². The van der Waals surface area contributed by atoms with Crippen LogP contribution in [0.3, 0.4) is 0 Å². The van der Waals surface area contributed by atoms with E-state index in [1.807, 2.05) is 6.92 Å². The van der Waals surface area contributed by atoms with Crippen LogP contribution in [0.25, 0.3) is 0 Å². The van der Waals surface area contributed by atoms with Gasteiger partial charge < -0.3 is 10.4 Å². The van der Waals surface area contributed by atoms with E-state index in [0.717, 1.165) is 6.42 Å². The maximum Gasteiger partial charge on any atom is 0.228 e. The highest BCUT2D eigenvalue weighted by Gasteiger charge is 2.46. The lowest BCUT2D eigenvalue weighted by Gasteiger charge is -2.44. The summed E-state index contributed by atoms with van der Waals surface area (Å²) in [4.78, 5) is 12.1. The molecule has 0 bridgehead atoms. The van der Waals surface area contributed by atoms with E-state index in [9.17, 15) is 4.79 Å². The Balaban J connectivity index is 5.13. The standard InChI is InChI=1S/C13H27NO2/c1-11(2,3)8-13(7,12(4,5)6)10(16)14-9-15/h15H,8-9H2,1-7H3,(H,14,16). The smallest absolute Gasteiger partial charge is 0.228 e. The third-order valence-electron chi connectivity index (χ3n) is 3.28. The van der Waals surface area contributed by atoms with Crippen LogP contribution in [0.5, 0.6) is 0 Å². The molecule has 16 heavy (non-hydrogen) atoms. The van der Waals surface area contributed by atoms with Crippen molar-refractivity contribution in [1.82, 2.24) is 5.32 Å². The first-order valence-corrected chi connectivity index (χ1v) is 5.83. The molecule has 3 nitrogen and oxygen atoms in total. The number of amides is 1. The summed E-state index contributed by atoms with van der Waals surface area (Å²) in [5.41, 5.74) is -0.539. The van der Waals surface area contributed by atoms with Crippen molar-refractivity contribution in [3.8, 4) is 0 Å². The molecule has 0 aromatic rings. The first kappa shape index (κ1) is 15.4. The quantitative estimate of drug-likeness (QED) is 0.731. The van der Waals surface area contributed by atoms with Gasteiger partial charge in [-0.2, -0.15) is 0 Å². The van der Waals surface area contributed by atoms with Crippen LogP contribution in [0.2, 0.25) is 0 Å². The summed E-state index contributed by atoms with van der Waals surface area (Å²) in [5, 5.41) is 11.4. The molecule has 1 unspecified atom stereocenters. The third kappa shape index (κ3) is 3.78. The van der Waals surface area contributed by atoms with Crippen LogP contribution in [-0.4, -0.2) is 17.7 Å². The molecule has 0 radical (unpaired) electrons. The zero-order valence-corrected chi connectivity index (χ0v) is 11.8. The zero-order chi connectivity index (χ0) is 13.2. The van der Waals surface area contributed by atoms with E-state index in [2.05, 4.69) is 46.9 Å². The fraction of sp³-hybridized carbons (Fsp3) is 0.923. The minimum atomic E-state index is -0.478. The maximum atomic E-state index is 12.1. The highest BCUT2D eigenvalue weighted by molar-refractivity contribution is 5.83. The van der Waals surface area contributed by atoms with Crippen LogP contribution in [0.15, 0.2) is 0 Å². The van der Waals surface area contributed by atoms with Gasteiger partial charge in [-0.15, -0.1) is 0 Å². The molecule has 0 fully saturated rings. The van der Waals surface area contributed by atoms with Crippen molar-refractivity contribution in [1.29, 1.82) is 0 Å². The number of aliphatic hydroxyl groups excluding tert-OH is 1. The van der Waals surface area contributed by atoms with Gasteiger partial charge in [-0.3, -0.25) is 4.79 Å². The molecule has 96 valence electrons. The Morgan fingerprint density at radius 1 is 1.06 bits per heavy atom. The van der Waals surface area contributed by atoms with Gasteiger partial charge in [0.25, 0.3) is 0 Å². The fourth-order valence-electron chi connectivity index (χ4n) is 2.01. The van der Waals surface area contributed by atoms with E-state index in [4.69, 9.17) is 5.11 Å². The van der Waals surface area contributed by atoms with Crippen LogP contribution in [0.4, 0.5) is 0 Å². The van der Waals surface area contributed by atoms with E-state index in [1.54, 1.807) is 0 Å². The predicted octanol–water partition coefficient (Wildman–Crippen LogP) is 2.54. The second kappa shape index (κ2) is 4.74. The van der Waals surface area contributed by atoms with Gasteiger partial charge in [0.1, 0.15) is 6.73 Å². The van der Waals surface area contributed by atoms with E-state index in [-0.39, 0.29) is 23.5 Å². The van der Waals surface area contributed by atoms with Gasteiger partial charge >= 0.3 is 0 Å². The van der Waals surface area contributed by atoms with Crippen molar-refractivity contribution < 1.29 is 9.90 Å². The molecule has 0 heterocycles. The molecule has 1 amide bonds. The number of aliphatic hydroxyl groups is 1. The van der Waals surface area contributed by atoms with Crippen molar-refractivity contribution in [3.63, 3.8) is 0 Å². The van der Waals surface area contributed by atoms with Crippen LogP contribution in [0.1, 0.15) is 54.9 Å². The van der Waals surface area contributed by atoms with Gasteiger partial charge in [0.15, 0.2) is 0 Å². The number of hydrogen-bond acceptors (Lipinski definition) is 2. The molecule has 0 saturated heterocycles. The zero-order valence-electron chi connectivity index (χ0n) is 11.8. The SMILES string of the molecule is CC(C)(C)CC(C)(C(=O)NCO)C(C)(C)C. The highest BCUT2D eigenvalue weighted by atomic mass is 16.3. The lowest BCUT2D eigenvalue weighted by molar-refractivity contribution is -0.140. The second-order valence-electron chi connectivity index (χ2n) is 6.98. The molecule has 2 N–H and O–H groups in total. The Morgan fingerprint density at radius 2 is 1.50 bits per heavy atom. The predicted molar refractivity (Wildman–Crippen MR) is 66.9 cm³/mol. The Kier molecular flexibility index (Phi) is 4.57. The number of carbonyl (C=O) groups is 1. The second-order valence-corrected chi connectivity index (χ2v) is 6.98. The Labute approximate surface area is 99.6 Å². The Morgan fingerprint density at radius 3 is 1.75 bits per heavy atom. The van der Waals surface area contributed by atoms with E-state index in [1.165, 1.54) is 0 Å². The summed E-state index contributed by atoms with van der Waals surface area (Å²) < 4.78 is 0. The fourth-order valence-corrected chi connectivity index (χ4v) is 2.01. The first-order valence-electron chi connectivity index (χ1n) is 5.83. The number of nitrogens with one attached hydrogen (secondary N) is 1. The van der Waals surface area contributed by atoms with E-state index >= 15 is 0 Å². The lowest BCUT2D eigenvalue weighted by Crippen LogP contribution is -2.49. The number of hydrogen-bond donors (Lipinski definition) is 2. The van der Waals surface area contributed by atoms with Crippen molar-refractivity contribution in [2.45, 2.75) is 54.9 Å². The van der Waals surface area contributed by atoms with Gasteiger partial charge in [0.05, 0.1) is 5.41 Å². The largest absolute Gasteiger partial charge is 0.377 e. The van der Waals surface area contributed by atoms with Crippen LogP contribution >= 0.6 is 0 Å². The van der Waals surface area contributed by atoms with E-state index < -0.39 is 5.41 Å². The van der Waals surface area contributed by atoms with Gasteiger partial charge in [-0.1, -0.05) is 48.5 Å². The summed E-state index contributed by atoms with van der Waals surface area (Å²) in [6.45, 7) is 14.3. The van der Waals surface area contributed by atoms with Gasteiger partial charge in [-0.05, 0) is 17.3 Å². The van der Waals surface area contributed by atoms with Crippen molar-refractivity contribution >= 4 is 5.91 Å². The number of rotatable bonds is 3. The normalized spacial score (nSPS) is 16.8. The summed E-state index contributed by atoms with van der Waals surface area (Å²) >= 11 is 0. The average Bonchev–Trinajstić information content (AvgIpc) is 1.99. The molecule has 0 aliphatic heterocycles. The van der Waals surface area contributed by atoms with E-state index in [0.29, 0.717) is 0 Å². The summed E-state index contributed by atoms with van der Waals surface area (Å²) in [6.07, 6.45) is 0.787. The molecular weight excluding hydrogens is 202 g/mol. The average molecular weight is 229 g/mol. The number of carbonyl (C=O) groups excluding carboxylic acids is 1. The van der Waals surface area contributed by atoms with Crippen LogP contribution < -0.4 is 5.32 Å². The Hall–Kier alpha value is -0.570. The third-order valence-corrected chi connectivity index (χ3v) is 3.28. The lowest BCUT2D eigenvalue weighted by atomic mass is 9.61. The molecule has 3 heteroatoms. The minimum Gasteiger partial charge on any atom is -0.377 e. The summed E-state index contributed by atoms with van der Waals surface area (Å²) in [6, 6.07) is 0. The van der Waals surface area contributed by atoms with Crippen molar-refractivity contribution in [2.75, 3.05) is 6.73 Å². The molecule has 1 atom stereocenters. The first-order chi connectivity index (χ1) is 6.94. The van der Waals surface area contributed by atoms with Crippen LogP contribution in [0, 0.1) is 16.2 Å². The van der Waals surface area contributed by atoms with Crippen molar-refractivity contribution in [3.05, 3.63) is 0 Å². The summed E-state index contributed by atoms with van der Waals surface area (Å²) in [7, 11) is 0. The monoisotopic (exact) mass is 229 g/mol. The molecule has 0 spiro atoms. The maximum absolute atomic E-state index is 12.1. The molecule has 0 aliphatic carbocycles. The van der Waals surface area contributed by atoms with Gasteiger partial charge in [-0.25, -0.2) is 0 Å².